The maximum absolute atomic E-state index is 12.1. The maximum Gasteiger partial charge on any atom is 0.163 e. The van der Waals surface area contributed by atoms with E-state index >= 15 is 0 Å². The molecule has 98 valence electrons. The van der Waals surface area contributed by atoms with Gasteiger partial charge in [0.1, 0.15) is 0 Å². The van der Waals surface area contributed by atoms with Crippen molar-refractivity contribution in [3.63, 3.8) is 0 Å². The van der Waals surface area contributed by atoms with Gasteiger partial charge in [-0.15, -0.1) is 0 Å². The van der Waals surface area contributed by atoms with E-state index in [0.29, 0.717) is 22.0 Å². The third-order valence-corrected chi connectivity index (χ3v) is 3.34. The number of aryl methyl sites for hydroxylation is 2. The summed E-state index contributed by atoms with van der Waals surface area (Å²) >= 11 is 11.8. The van der Waals surface area contributed by atoms with Crippen LogP contribution in [0.2, 0.25) is 10.0 Å². The fraction of sp³-hybridized carbons (Fsp3) is 0.188. The first-order chi connectivity index (χ1) is 9.04. The molecule has 0 aliphatic carbocycles. The minimum Gasteiger partial charge on any atom is -0.294 e. The second-order valence-electron chi connectivity index (χ2n) is 4.57. The largest absolute Gasteiger partial charge is 0.294 e. The lowest BCUT2D eigenvalue weighted by molar-refractivity contribution is 0.0983. The van der Waals surface area contributed by atoms with Crippen LogP contribution in [0.4, 0.5) is 0 Å². The predicted molar refractivity (Wildman–Crippen MR) is 80.3 cm³/mol. The van der Waals surface area contributed by atoms with Crippen molar-refractivity contribution in [2.45, 2.75) is 19.8 Å². The summed E-state index contributed by atoms with van der Waals surface area (Å²) in [4.78, 5) is 12.1. The number of rotatable bonds is 4. The highest BCUT2D eigenvalue weighted by molar-refractivity contribution is 6.35. The van der Waals surface area contributed by atoms with Gasteiger partial charge in [0, 0.05) is 22.0 Å². The summed E-state index contributed by atoms with van der Waals surface area (Å²) in [6.45, 7) is 2.04. The van der Waals surface area contributed by atoms with E-state index in [4.69, 9.17) is 23.2 Å². The highest BCUT2D eigenvalue weighted by Gasteiger charge is 2.08. The lowest BCUT2D eigenvalue weighted by Gasteiger charge is -2.04. The molecule has 0 atom stereocenters. The first-order valence-electron chi connectivity index (χ1n) is 6.09. The van der Waals surface area contributed by atoms with Crippen LogP contribution in [0.5, 0.6) is 0 Å². The van der Waals surface area contributed by atoms with Gasteiger partial charge in [-0.25, -0.2) is 0 Å². The van der Waals surface area contributed by atoms with Crippen molar-refractivity contribution >= 4 is 29.0 Å². The Hall–Kier alpha value is -1.31. The summed E-state index contributed by atoms with van der Waals surface area (Å²) < 4.78 is 0. The molecule has 2 aromatic carbocycles. The molecule has 0 radical (unpaired) electrons. The first-order valence-corrected chi connectivity index (χ1v) is 6.85. The molecule has 0 saturated heterocycles. The smallest absolute Gasteiger partial charge is 0.163 e. The number of ketones is 1. The third-order valence-electron chi connectivity index (χ3n) is 2.91. The third kappa shape index (κ3) is 4.09. The summed E-state index contributed by atoms with van der Waals surface area (Å²) in [5, 5.41) is 0.984. The molecule has 0 heterocycles. The van der Waals surface area contributed by atoms with Crippen LogP contribution in [0.15, 0.2) is 42.5 Å². The highest BCUT2D eigenvalue weighted by Crippen LogP contribution is 2.20. The van der Waals surface area contributed by atoms with Crippen LogP contribution < -0.4 is 0 Å². The molecule has 0 saturated carbocycles. The second-order valence-corrected chi connectivity index (χ2v) is 5.44. The zero-order chi connectivity index (χ0) is 13.8. The van der Waals surface area contributed by atoms with Crippen molar-refractivity contribution in [1.82, 2.24) is 0 Å². The van der Waals surface area contributed by atoms with E-state index in [1.807, 2.05) is 25.1 Å². The van der Waals surface area contributed by atoms with E-state index in [1.165, 1.54) is 11.1 Å². The van der Waals surface area contributed by atoms with Gasteiger partial charge >= 0.3 is 0 Å². The van der Waals surface area contributed by atoms with E-state index in [1.54, 1.807) is 18.2 Å². The summed E-state index contributed by atoms with van der Waals surface area (Å²) in [6.07, 6.45) is 1.19. The van der Waals surface area contributed by atoms with Crippen molar-refractivity contribution in [1.29, 1.82) is 0 Å². The van der Waals surface area contributed by atoms with Gasteiger partial charge in [-0.2, -0.15) is 0 Å². The lowest BCUT2D eigenvalue weighted by atomic mass is 10.0. The van der Waals surface area contributed by atoms with Gasteiger partial charge in [0.2, 0.25) is 0 Å². The average molecular weight is 293 g/mol. The van der Waals surface area contributed by atoms with E-state index in [9.17, 15) is 4.79 Å². The average Bonchev–Trinajstić information content (AvgIpc) is 2.35. The second kappa shape index (κ2) is 6.23. The summed E-state index contributed by atoms with van der Waals surface area (Å²) in [7, 11) is 0. The van der Waals surface area contributed by atoms with Crippen molar-refractivity contribution in [3.8, 4) is 0 Å². The summed E-state index contributed by atoms with van der Waals surface area (Å²) in [5.74, 6) is 0.0610. The fourth-order valence-electron chi connectivity index (χ4n) is 1.98. The Kier molecular flexibility index (Phi) is 4.62. The molecule has 0 aliphatic heterocycles. The van der Waals surface area contributed by atoms with Gasteiger partial charge in [0.05, 0.1) is 0 Å². The molecule has 1 nitrogen and oxygen atoms in total. The van der Waals surface area contributed by atoms with Crippen LogP contribution in [0.1, 0.15) is 27.9 Å². The number of hydrogen-bond donors (Lipinski definition) is 0. The zero-order valence-corrected chi connectivity index (χ0v) is 12.1. The molecule has 3 heteroatoms. The summed E-state index contributed by atoms with van der Waals surface area (Å²) in [6, 6.07) is 13.1. The zero-order valence-electron chi connectivity index (χ0n) is 10.6. The molecule has 0 unspecified atom stereocenters. The molecular weight excluding hydrogens is 279 g/mol. The fourth-order valence-corrected chi connectivity index (χ4v) is 2.51. The number of halogens is 2. The highest BCUT2D eigenvalue weighted by atomic mass is 35.5. The Labute approximate surface area is 123 Å². The van der Waals surface area contributed by atoms with E-state index in [2.05, 4.69) is 6.07 Å². The minimum absolute atomic E-state index is 0.0610. The Balaban J connectivity index is 2.05. The normalized spacial score (nSPS) is 10.5. The Morgan fingerprint density at radius 2 is 1.74 bits per heavy atom. The molecule has 0 aliphatic rings. The Morgan fingerprint density at radius 3 is 2.37 bits per heavy atom. The van der Waals surface area contributed by atoms with Crippen LogP contribution in [0.3, 0.4) is 0 Å². The van der Waals surface area contributed by atoms with Gasteiger partial charge in [-0.1, -0.05) is 53.0 Å². The number of carbonyl (C=O) groups is 1. The molecule has 0 N–H and O–H groups in total. The predicted octanol–water partition coefficient (Wildman–Crippen LogP) is 5.12. The van der Waals surface area contributed by atoms with Gasteiger partial charge in [0.15, 0.2) is 5.78 Å². The molecule has 2 aromatic rings. The quantitative estimate of drug-likeness (QED) is 0.715. The molecule has 2 rings (SSSR count). The standard InChI is InChI=1S/C16H14Cl2O/c1-11-3-2-4-12(7-11)5-6-16(19)13-8-14(17)10-15(18)9-13/h2-4,7-10H,5-6H2,1H3. The number of hydrogen-bond acceptors (Lipinski definition) is 1. The molecule has 0 aromatic heterocycles. The van der Waals surface area contributed by atoms with Gasteiger partial charge in [-0.3, -0.25) is 4.79 Å². The van der Waals surface area contributed by atoms with Crippen molar-refractivity contribution in [2.75, 3.05) is 0 Å². The maximum atomic E-state index is 12.1. The van der Waals surface area contributed by atoms with Gasteiger partial charge < -0.3 is 0 Å². The van der Waals surface area contributed by atoms with Crippen LogP contribution in [-0.4, -0.2) is 5.78 Å². The monoisotopic (exact) mass is 292 g/mol. The van der Waals surface area contributed by atoms with Crippen molar-refractivity contribution in [3.05, 3.63) is 69.2 Å². The Bertz CT molecular complexity index is 585. The number of carbonyl (C=O) groups excluding carboxylic acids is 1. The molecule has 0 fully saturated rings. The van der Waals surface area contributed by atoms with Crippen LogP contribution in [0.25, 0.3) is 0 Å². The van der Waals surface area contributed by atoms with Gasteiger partial charge in [-0.05, 0) is 37.1 Å². The summed E-state index contributed by atoms with van der Waals surface area (Å²) in [5.41, 5.74) is 2.95. The SMILES string of the molecule is Cc1cccc(CCC(=O)c2cc(Cl)cc(Cl)c2)c1. The first kappa shape index (κ1) is 14.1. The van der Waals surface area contributed by atoms with E-state index in [0.717, 1.165) is 6.42 Å². The van der Waals surface area contributed by atoms with Crippen molar-refractivity contribution in [2.24, 2.45) is 0 Å². The molecule has 19 heavy (non-hydrogen) atoms. The van der Waals surface area contributed by atoms with Crippen LogP contribution in [0, 0.1) is 6.92 Å². The van der Waals surface area contributed by atoms with Crippen LogP contribution >= 0.6 is 23.2 Å². The van der Waals surface area contributed by atoms with Crippen LogP contribution in [-0.2, 0) is 6.42 Å². The topological polar surface area (TPSA) is 17.1 Å². The van der Waals surface area contributed by atoms with E-state index in [-0.39, 0.29) is 5.78 Å². The molecule has 0 amide bonds. The molecule has 0 spiro atoms. The molecule has 0 bridgehead atoms. The van der Waals surface area contributed by atoms with E-state index < -0.39 is 0 Å². The van der Waals surface area contributed by atoms with Crippen molar-refractivity contribution < 1.29 is 4.79 Å². The molecular formula is C16H14Cl2O. The number of Topliss-reactive ketones (excluding diaryl/α,β-unsaturated/α-hetero) is 1. The van der Waals surface area contributed by atoms with Gasteiger partial charge in [0.25, 0.3) is 0 Å². The Morgan fingerprint density at radius 1 is 1.05 bits per heavy atom. The number of benzene rings is 2. The minimum atomic E-state index is 0.0610. The lowest BCUT2D eigenvalue weighted by Crippen LogP contribution is -2.01.